The molecule has 21 heavy (non-hydrogen) atoms. The molecule has 1 unspecified atom stereocenters. The molecule has 0 nitrogen and oxygen atoms in total. The third-order valence-electron chi connectivity index (χ3n) is 4.81. The van der Waals surface area contributed by atoms with Crippen LogP contribution in [0.1, 0.15) is 28.1 Å². The summed E-state index contributed by atoms with van der Waals surface area (Å²) in [5.41, 5.74) is 2.82. The van der Waals surface area contributed by atoms with Crippen LogP contribution in [0.25, 0.3) is 6.08 Å². The van der Waals surface area contributed by atoms with Crippen LogP contribution < -0.4 is 0 Å². The van der Waals surface area contributed by atoms with Gasteiger partial charge in [-0.15, -0.1) is 24.8 Å². The molecule has 0 amide bonds. The standard InChI is InChI=1S/C9H7.C5H5.C2H5.3ClH.Hf.H2Si/c1-2-5-9-7-3-6-8(9)4-1;1-2-4-5-3-1;1-2;;;;;/h1-7H;1-3H,4H2;1H2,2H3;3*1H;;1H2/q;;;;;;+1;/p-1. The number of halogens is 3. The Morgan fingerprint density at radius 3 is 2.62 bits per heavy atom. The summed E-state index contributed by atoms with van der Waals surface area (Å²) in [6.07, 6.45) is 12.5. The van der Waals surface area contributed by atoms with Gasteiger partial charge in [-0.3, -0.25) is 0 Å². The zero-order chi connectivity index (χ0) is 13.5. The van der Waals surface area contributed by atoms with E-state index in [9.17, 15) is 0 Å². The number of hydrogen-bond acceptors (Lipinski definition) is 0. The molecule has 0 spiro atoms. The third-order valence-corrected chi connectivity index (χ3v) is 41.5. The summed E-state index contributed by atoms with van der Waals surface area (Å²) in [7, 11) is 7.49. The van der Waals surface area contributed by atoms with Crippen LogP contribution in [0.15, 0.2) is 51.9 Å². The minimum absolute atomic E-state index is 0. The first-order valence-corrected chi connectivity index (χ1v) is 26.1. The SMILES string of the molecule is C[CH2][Hf](=[SiH2])([Cl])([C]1=CC=CC1)[CH]1C=Cc2ccccc21.Cl.Cl. The number of fused-ring (bicyclic) bond motifs is 1. The Balaban J connectivity index is 0.00000110. The van der Waals surface area contributed by atoms with Crippen molar-refractivity contribution in [3.63, 3.8) is 0 Å². The van der Waals surface area contributed by atoms with Gasteiger partial charge in [0.05, 0.1) is 0 Å². The van der Waals surface area contributed by atoms with Gasteiger partial charge in [-0.2, -0.15) is 0 Å². The van der Waals surface area contributed by atoms with Crippen molar-refractivity contribution >= 4 is 46.4 Å². The molecular weight excluding hydrogens is 505 g/mol. The Bertz CT molecular complexity index is 691. The second-order valence-corrected chi connectivity index (χ2v) is 49.1. The van der Waals surface area contributed by atoms with Crippen LogP contribution in [0.3, 0.4) is 0 Å². The number of hydrogen-bond donors (Lipinski definition) is 0. The largest absolute Gasteiger partial charge is 0.147 e. The van der Waals surface area contributed by atoms with Crippen LogP contribution in [0.4, 0.5) is 0 Å². The van der Waals surface area contributed by atoms with Crippen molar-refractivity contribution in [1.82, 2.24) is 0 Å². The molecule has 0 saturated heterocycles. The molecule has 1 atom stereocenters. The predicted octanol–water partition coefficient (Wildman–Crippen LogP) is 5.27. The number of rotatable bonds is 3. The quantitative estimate of drug-likeness (QED) is 0.471. The zero-order valence-electron chi connectivity index (χ0n) is 12.1. The fourth-order valence-corrected chi connectivity index (χ4v) is 25.1. The molecule has 1 aromatic rings. The van der Waals surface area contributed by atoms with Crippen molar-refractivity contribution in [2.45, 2.75) is 21.2 Å². The third kappa shape index (κ3) is 3.07. The molecule has 0 aliphatic heterocycles. The molecule has 3 rings (SSSR count). The van der Waals surface area contributed by atoms with Crippen molar-refractivity contribution in [3.8, 4) is 0 Å². The van der Waals surface area contributed by atoms with Crippen LogP contribution in [-0.4, -0.2) is 6.94 Å². The van der Waals surface area contributed by atoms with Gasteiger partial charge in [-0.1, -0.05) is 0 Å². The van der Waals surface area contributed by atoms with Crippen molar-refractivity contribution in [2.24, 2.45) is 0 Å². The molecule has 0 N–H and O–H groups in total. The minimum atomic E-state index is -3.53. The second kappa shape index (κ2) is 6.88. The van der Waals surface area contributed by atoms with Gasteiger partial charge in [-0.05, 0) is 0 Å². The molecule has 5 heteroatoms. The van der Waals surface area contributed by atoms with E-state index in [-0.39, 0.29) is 24.8 Å². The van der Waals surface area contributed by atoms with Crippen LogP contribution in [-0.2, 0) is 15.9 Å². The molecule has 114 valence electrons. The van der Waals surface area contributed by atoms with Gasteiger partial charge in [0.25, 0.3) is 0 Å². The van der Waals surface area contributed by atoms with Crippen molar-refractivity contribution in [3.05, 3.63) is 63.0 Å². The van der Waals surface area contributed by atoms with Crippen LogP contribution in [0, 0.1) is 0 Å². The van der Waals surface area contributed by atoms with Crippen molar-refractivity contribution in [2.75, 3.05) is 0 Å². The van der Waals surface area contributed by atoms with Crippen molar-refractivity contribution in [1.29, 1.82) is 0 Å². The fourth-order valence-electron chi connectivity index (χ4n) is 3.36. The summed E-state index contributed by atoms with van der Waals surface area (Å²) in [6.45, 7) is 4.47. The molecular formula is C16H21Cl3HfSi. The molecule has 0 heterocycles. The monoisotopic (exact) mass is 526 g/mol. The molecule has 1 aromatic carbocycles. The molecule has 0 aromatic heterocycles. The first-order chi connectivity index (χ1) is 9.05. The van der Waals surface area contributed by atoms with Gasteiger partial charge < -0.3 is 0 Å². The zero-order valence-corrected chi connectivity index (χ0v) is 19.5. The Labute approximate surface area is 145 Å². The van der Waals surface area contributed by atoms with E-state index in [1.165, 1.54) is 11.1 Å². The summed E-state index contributed by atoms with van der Waals surface area (Å²) in [5.74, 6) is 0. The Morgan fingerprint density at radius 1 is 1.29 bits per heavy atom. The minimum Gasteiger partial charge on any atom is -0.147 e. The maximum absolute atomic E-state index is 7.49. The van der Waals surface area contributed by atoms with Gasteiger partial charge in [0.15, 0.2) is 0 Å². The van der Waals surface area contributed by atoms with E-state index < -0.39 is 15.9 Å². The summed E-state index contributed by atoms with van der Waals surface area (Å²) < 4.78 is 3.18. The average Bonchev–Trinajstić information content (AvgIpc) is 3.09. The van der Waals surface area contributed by atoms with Crippen LogP contribution >= 0.6 is 33.4 Å². The predicted molar refractivity (Wildman–Crippen MR) is 99.4 cm³/mol. The maximum Gasteiger partial charge on any atom is -0.147 e. The number of benzene rings is 1. The molecule has 0 fully saturated rings. The van der Waals surface area contributed by atoms with Crippen LogP contribution in [0.2, 0.25) is 4.18 Å². The van der Waals surface area contributed by atoms with Gasteiger partial charge in [-0.25, -0.2) is 0 Å². The van der Waals surface area contributed by atoms with E-state index in [1.54, 1.807) is 3.33 Å². The summed E-state index contributed by atoms with van der Waals surface area (Å²) in [4.78, 5) is 0. The second-order valence-electron chi connectivity index (χ2n) is 5.77. The van der Waals surface area contributed by atoms with Gasteiger partial charge in [0.2, 0.25) is 0 Å². The summed E-state index contributed by atoms with van der Waals surface area (Å²) >= 11 is -3.53. The van der Waals surface area contributed by atoms with Gasteiger partial charge in [0, 0.05) is 0 Å². The molecule has 0 radical (unpaired) electrons. The van der Waals surface area contributed by atoms with Crippen LogP contribution in [0.5, 0.6) is 0 Å². The topological polar surface area (TPSA) is 0 Å². The summed E-state index contributed by atoms with van der Waals surface area (Å²) in [5, 5.41) is 0. The maximum atomic E-state index is 7.49. The molecule has 2 aliphatic rings. The molecule has 2 aliphatic carbocycles. The molecule has 0 bridgehead atoms. The van der Waals surface area contributed by atoms with E-state index in [4.69, 9.17) is 8.58 Å². The van der Waals surface area contributed by atoms with E-state index in [0.29, 0.717) is 3.67 Å². The fraction of sp³-hybridized carbons (Fsp3) is 0.250. The van der Waals surface area contributed by atoms with E-state index in [1.807, 2.05) is 0 Å². The van der Waals surface area contributed by atoms with E-state index in [2.05, 4.69) is 68.5 Å². The van der Waals surface area contributed by atoms with E-state index >= 15 is 0 Å². The van der Waals surface area contributed by atoms with Gasteiger partial charge >= 0.3 is 122 Å². The first-order valence-electron chi connectivity index (χ1n) is 6.93. The Kier molecular flexibility index (Phi) is 6.37. The summed E-state index contributed by atoms with van der Waals surface area (Å²) in [6, 6.07) is 8.74. The van der Waals surface area contributed by atoms with Crippen molar-refractivity contribution < 1.29 is 15.9 Å². The van der Waals surface area contributed by atoms with Gasteiger partial charge in [0.1, 0.15) is 0 Å². The first kappa shape index (κ1) is 19.4. The van der Waals surface area contributed by atoms with E-state index in [0.717, 1.165) is 10.6 Å². The Morgan fingerprint density at radius 2 is 2.00 bits per heavy atom. The average molecular weight is 526 g/mol. The normalized spacial score (nSPS) is 19.6. The smallest absolute Gasteiger partial charge is 0.147 e. The Hall–Kier alpha value is 0.397. The number of allylic oxidation sites excluding steroid dienone is 5. The molecule has 0 saturated carbocycles.